The predicted octanol–water partition coefficient (Wildman–Crippen LogP) is 3.16. The molecule has 1 aliphatic rings. The molecule has 0 aromatic rings. The van der Waals surface area contributed by atoms with Gasteiger partial charge >= 0.3 is 0 Å². The molecule has 1 rings (SSSR count). The second kappa shape index (κ2) is 3.05. The maximum absolute atomic E-state index is 3.98. The van der Waals surface area contributed by atoms with Gasteiger partial charge in [0.05, 0.1) is 0 Å². The predicted molar refractivity (Wildman–Crippen MR) is 45.8 cm³/mol. The van der Waals surface area contributed by atoms with Gasteiger partial charge in [-0.1, -0.05) is 31.2 Å². The minimum Gasteiger partial charge on any atom is -0.0998 e. The lowest BCUT2D eigenvalue weighted by atomic mass is 9.84. The van der Waals surface area contributed by atoms with E-state index in [2.05, 4.69) is 32.6 Å². The van der Waals surface area contributed by atoms with Crippen molar-refractivity contribution in [1.29, 1.82) is 0 Å². The lowest BCUT2D eigenvalue weighted by Gasteiger charge is -2.21. The maximum Gasteiger partial charge on any atom is -0.0169 e. The Morgan fingerprint density at radius 1 is 1.60 bits per heavy atom. The first kappa shape index (κ1) is 7.59. The summed E-state index contributed by atoms with van der Waals surface area (Å²) in [7, 11) is 0. The summed E-state index contributed by atoms with van der Waals surface area (Å²) in [4.78, 5) is 0. The van der Waals surface area contributed by atoms with Gasteiger partial charge in [0.15, 0.2) is 0 Å². The van der Waals surface area contributed by atoms with Crippen LogP contribution in [-0.4, -0.2) is 0 Å². The van der Waals surface area contributed by atoms with E-state index in [0.717, 1.165) is 11.8 Å². The molecule has 0 spiro atoms. The zero-order valence-electron chi connectivity index (χ0n) is 6.93. The number of hydrogen-bond donors (Lipinski definition) is 0. The van der Waals surface area contributed by atoms with Crippen LogP contribution in [0.5, 0.6) is 0 Å². The van der Waals surface area contributed by atoms with E-state index >= 15 is 0 Å². The fourth-order valence-corrected chi connectivity index (χ4v) is 1.50. The van der Waals surface area contributed by atoms with Crippen molar-refractivity contribution < 1.29 is 0 Å². The zero-order chi connectivity index (χ0) is 7.56. The Morgan fingerprint density at radius 3 is 2.70 bits per heavy atom. The van der Waals surface area contributed by atoms with Crippen LogP contribution in [0.1, 0.15) is 26.7 Å². The fraction of sp³-hybridized carbons (Fsp3) is 0.600. The molecular weight excluding hydrogens is 120 g/mol. The third kappa shape index (κ3) is 1.73. The highest BCUT2D eigenvalue weighted by molar-refractivity contribution is 5.05. The van der Waals surface area contributed by atoms with Crippen molar-refractivity contribution in [3.8, 4) is 0 Å². The van der Waals surface area contributed by atoms with Crippen molar-refractivity contribution in [2.75, 3.05) is 0 Å². The quantitative estimate of drug-likeness (QED) is 0.486. The molecule has 2 atom stereocenters. The van der Waals surface area contributed by atoms with Crippen molar-refractivity contribution in [2.45, 2.75) is 26.7 Å². The van der Waals surface area contributed by atoms with E-state index in [1.54, 1.807) is 0 Å². The van der Waals surface area contributed by atoms with Gasteiger partial charge in [0.1, 0.15) is 0 Å². The van der Waals surface area contributed by atoms with Gasteiger partial charge in [-0.25, -0.2) is 0 Å². The van der Waals surface area contributed by atoms with Crippen LogP contribution in [-0.2, 0) is 0 Å². The van der Waals surface area contributed by atoms with Gasteiger partial charge in [-0.3, -0.25) is 0 Å². The molecule has 56 valence electrons. The summed E-state index contributed by atoms with van der Waals surface area (Å²) in [5.41, 5.74) is 1.34. The van der Waals surface area contributed by atoms with Crippen LogP contribution in [0, 0.1) is 11.8 Å². The Kier molecular flexibility index (Phi) is 2.31. The molecule has 2 unspecified atom stereocenters. The normalized spacial score (nSPS) is 32.2. The average molecular weight is 136 g/mol. The molecule has 0 heterocycles. The third-order valence-corrected chi connectivity index (χ3v) is 2.24. The van der Waals surface area contributed by atoms with Crippen LogP contribution in [0.15, 0.2) is 24.3 Å². The average Bonchev–Trinajstić information content (AvgIpc) is 1.88. The minimum atomic E-state index is 0.750. The van der Waals surface area contributed by atoms with Gasteiger partial charge in [0, 0.05) is 0 Å². The molecule has 0 amide bonds. The van der Waals surface area contributed by atoms with Crippen LogP contribution < -0.4 is 0 Å². The SMILES string of the molecule is C=C(C)C1CC=CC(C)C1. The van der Waals surface area contributed by atoms with E-state index in [0.29, 0.717) is 0 Å². The number of allylic oxidation sites excluding steroid dienone is 3. The largest absolute Gasteiger partial charge is 0.0998 e. The minimum absolute atomic E-state index is 0.750. The fourth-order valence-electron chi connectivity index (χ4n) is 1.50. The van der Waals surface area contributed by atoms with E-state index in [1.165, 1.54) is 18.4 Å². The van der Waals surface area contributed by atoms with Crippen LogP contribution in [0.4, 0.5) is 0 Å². The molecule has 0 aliphatic heterocycles. The van der Waals surface area contributed by atoms with E-state index in [4.69, 9.17) is 0 Å². The lowest BCUT2D eigenvalue weighted by Crippen LogP contribution is -2.09. The van der Waals surface area contributed by atoms with Crippen molar-refractivity contribution in [1.82, 2.24) is 0 Å². The lowest BCUT2D eigenvalue weighted by molar-refractivity contribution is 0.470. The zero-order valence-corrected chi connectivity index (χ0v) is 6.93. The summed E-state index contributed by atoms with van der Waals surface area (Å²) in [6.45, 7) is 8.38. The monoisotopic (exact) mass is 136 g/mol. The molecule has 1 aliphatic carbocycles. The molecular formula is C10H16. The first-order chi connectivity index (χ1) is 4.70. The second-order valence-corrected chi connectivity index (χ2v) is 3.42. The van der Waals surface area contributed by atoms with E-state index in [9.17, 15) is 0 Å². The van der Waals surface area contributed by atoms with Crippen LogP contribution in [0.2, 0.25) is 0 Å². The molecule has 0 radical (unpaired) electrons. The molecule has 0 aromatic carbocycles. The standard InChI is InChI=1S/C10H16/c1-8(2)10-6-4-5-9(3)7-10/h4-5,9-10H,1,6-7H2,2-3H3. The van der Waals surface area contributed by atoms with E-state index in [1.807, 2.05) is 0 Å². The molecule has 0 saturated carbocycles. The van der Waals surface area contributed by atoms with Gasteiger partial charge in [-0.05, 0) is 31.6 Å². The Balaban J connectivity index is 2.52. The Morgan fingerprint density at radius 2 is 2.30 bits per heavy atom. The van der Waals surface area contributed by atoms with Gasteiger partial charge < -0.3 is 0 Å². The topological polar surface area (TPSA) is 0 Å². The summed E-state index contributed by atoms with van der Waals surface area (Å²) < 4.78 is 0. The molecule has 0 bridgehead atoms. The van der Waals surface area contributed by atoms with Crippen molar-refractivity contribution in [3.63, 3.8) is 0 Å². The molecule has 0 saturated heterocycles. The summed E-state index contributed by atoms with van der Waals surface area (Å²) >= 11 is 0. The van der Waals surface area contributed by atoms with E-state index < -0.39 is 0 Å². The van der Waals surface area contributed by atoms with Crippen LogP contribution in [0.3, 0.4) is 0 Å². The maximum atomic E-state index is 3.98. The summed E-state index contributed by atoms with van der Waals surface area (Å²) in [5.74, 6) is 1.51. The van der Waals surface area contributed by atoms with Crippen molar-refractivity contribution in [2.24, 2.45) is 11.8 Å². The van der Waals surface area contributed by atoms with Gasteiger partial charge in [-0.15, -0.1) is 0 Å². The van der Waals surface area contributed by atoms with Crippen molar-refractivity contribution in [3.05, 3.63) is 24.3 Å². The Labute approximate surface area is 63.6 Å². The van der Waals surface area contributed by atoms with Crippen molar-refractivity contribution >= 4 is 0 Å². The van der Waals surface area contributed by atoms with Gasteiger partial charge in [0.25, 0.3) is 0 Å². The van der Waals surface area contributed by atoms with Crippen LogP contribution in [0.25, 0.3) is 0 Å². The smallest absolute Gasteiger partial charge is 0.0169 e. The molecule has 0 fully saturated rings. The molecule has 10 heavy (non-hydrogen) atoms. The first-order valence-corrected chi connectivity index (χ1v) is 4.02. The van der Waals surface area contributed by atoms with Gasteiger partial charge in [-0.2, -0.15) is 0 Å². The molecule has 0 nitrogen and oxygen atoms in total. The first-order valence-electron chi connectivity index (χ1n) is 4.02. The summed E-state index contributed by atoms with van der Waals surface area (Å²) in [6, 6.07) is 0. The molecule has 0 aromatic heterocycles. The van der Waals surface area contributed by atoms with Gasteiger partial charge in [0.2, 0.25) is 0 Å². The Hall–Kier alpha value is -0.520. The van der Waals surface area contributed by atoms with E-state index in [-0.39, 0.29) is 0 Å². The molecule has 0 heteroatoms. The van der Waals surface area contributed by atoms with Crippen LogP contribution >= 0.6 is 0 Å². The molecule has 0 N–H and O–H groups in total. The number of hydrogen-bond acceptors (Lipinski definition) is 0. The summed E-state index contributed by atoms with van der Waals surface area (Å²) in [5, 5.41) is 0. The highest BCUT2D eigenvalue weighted by Gasteiger charge is 2.14. The third-order valence-electron chi connectivity index (χ3n) is 2.24. The summed E-state index contributed by atoms with van der Waals surface area (Å²) in [6.07, 6.45) is 7.10. The Bertz CT molecular complexity index is 153. The highest BCUT2D eigenvalue weighted by Crippen LogP contribution is 2.27. The highest BCUT2D eigenvalue weighted by atomic mass is 14.2. The number of rotatable bonds is 1. The second-order valence-electron chi connectivity index (χ2n) is 3.42.